The number of sulfonamides is 1. The van der Waals surface area contributed by atoms with Crippen molar-refractivity contribution in [2.24, 2.45) is 10.9 Å². The summed E-state index contributed by atoms with van der Waals surface area (Å²) < 4.78 is 27.4. The fourth-order valence-corrected chi connectivity index (χ4v) is 3.63. The maximum atomic E-state index is 12.4. The second-order valence-corrected chi connectivity index (χ2v) is 6.38. The van der Waals surface area contributed by atoms with E-state index in [1.165, 1.54) is 6.07 Å². The lowest BCUT2D eigenvalue weighted by atomic mass is 9.93. The van der Waals surface area contributed by atoms with Gasteiger partial charge in [-0.05, 0) is 37.5 Å². The van der Waals surface area contributed by atoms with Crippen molar-refractivity contribution in [3.05, 3.63) is 29.8 Å². The second-order valence-electron chi connectivity index (χ2n) is 4.70. The maximum Gasteiger partial charge on any atom is 0.241 e. The molecule has 0 atom stereocenters. The zero-order valence-electron chi connectivity index (χ0n) is 11.9. The van der Waals surface area contributed by atoms with E-state index in [0.29, 0.717) is 12.8 Å². The highest BCUT2D eigenvalue weighted by Crippen LogP contribution is 2.20. The summed E-state index contributed by atoms with van der Waals surface area (Å²) in [5.41, 5.74) is 5.42. The molecule has 6 nitrogen and oxygen atoms in total. The van der Waals surface area contributed by atoms with Gasteiger partial charge in [0.1, 0.15) is 0 Å². The lowest BCUT2D eigenvalue weighted by Gasteiger charge is -2.30. The summed E-state index contributed by atoms with van der Waals surface area (Å²) in [4.78, 5) is 0.162. The topological polar surface area (TPSA) is 105 Å². The smallest absolute Gasteiger partial charge is 0.241 e. The molecular weight excluding hydrogens is 278 g/mol. The van der Waals surface area contributed by atoms with E-state index in [0.717, 1.165) is 5.56 Å². The van der Waals surface area contributed by atoms with E-state index >= 15 is 0 Å². The number of hydrogen-bond acceptors (Lipinski definition) is 4. The van der Waals surface area contributed by atoms with Crippen LogP contribution in [0.5, 0.6) is 0 Å². The Labute approximate surface area is 119 Å². The van der Waals surface area contributed by atoms with Gasteiger partial charge in [0.2, 0.25) is 10.0 Å². The Morgan fingerprint density at radius 2 is 2.00 bits per heavy atom. The summed E-state index contributed by atoms with van der Waals surface area (Å²) in [6.45, 7) is 5.37. The van der Waals surface area contributed by atoms with E-state index in [1.54, 1.807) is 26.0 Å². The largest absolute Gasteiger partial charge is 0.409 e. The van der Waals surface area contributed by atoms with Gasteiger partial charge in [0.05, 0.1) is 10.4 Å². The summed E-state index contributed by atoms with van der Waals surface area (Å²) in [5.74, 6) is -0.140. The summed E-state index contributed by atoms with van der Waals surface area (Å²) in [6, 6.07) is 6.57. The third-order valence-electron chi connectivity index (χ3n) is 3.43. The number of nitrogens with zero attached hydrogens (tertiary/aromatic N) is 1. The minimum absolute atomic E-state index is 0.140. The maximum absolute atomic E-state index is 12.4. The fourth-order valence-electron chi connectivity index (χ4n) is 2.00. The highest BCUT2D eigenvalue weighted by Gasteiger charge is 2.36. The normalized spacial score (nSPS) is 13.4. The molecule has 0 unspecified atom stereocenters. The summed E-state index contributed by atoms with van der Waals surface area (Å²) in [5, 5.41) is 11.8. The van der Waals surface area contributed by atoms with Gasteiger partial charge in [-0.1, -0.05) is 31.1 Å². The molecule has 0 saturated heterocycles. The fraction of sp³-hybridized carbons (Fsp3) is 0.462. The lowest BCUT2D eigenvalue weighted by Crippen LogP contribution is -2.56. The van der Waals surface area contributed by atoms with E-state index in [9.17, 15) is 8.42 Å². The summed E-state index contributed by atoms with van der Waals surface area (Å²) in [6.07, 6.45) is 0.759. The van der Waals surface area contributed by atoms with E-state index < -0.39 is 15.6 Å². The Kier molecular flexibility index (Phi) is 5.13. The van der Waals surface area contributed by atoms with Crippen LogP contribution in [0.3, 0.4) is 0 Å². The Bertz CT molecular complexity index is 593. The molecule has 20 heavy (non-hydrogen) atoms. The van der Waals surface area contributed by atoms with Crippen molar-refractivity contribution < 1.29 is 13.6 Å². The van der Waals surface area contributed by atoms with Gasteiger partial charge in [-0.25, -0.2) is 8.42 Å². The molecular formula is C13H21N3O3S. The van der Waals surface area contributed by atoms with Gasteiger partial charge in [-0.3, -0.25) is 0 Å². The average molecular weight is 299 g/mol. The third kappa shape index (κ3) is 3.29. The minimum Gasteiger partial charge on any atom is -0.409 e. The molecule has 1 aromatic carbocycles. The molecule has 0 saturated carbocycles. The Morgan fingerprint density at radius 1 is 1.40 bits per heavy atom. The molecule has 0 aliphatic heterocycles. The van der Waals surface area contributed by atoms with Crippen LogP contribution in [0.2, 0.25) is 0 Å². The number of amidine groups is 1. The van der Waals surface area contributed by atoms with Gasteiger partial charge in [0.25, 0.3) is 0 Å². The van der Waals surface area contributed by atoms with Crippen molar-refractivity contribution in [2.75, 3.05) is 0 Å². The van der Waals surface area contributed by atoms with Crippen molar-refractivity contribution in [3.8, 4) is 0 Å². The first-order chi connectivity index (χ1) is 9.31. The molecule has 1 aromatic rings. The molecule has 4 N–H and O–H groups in total. The SMILES string of the molecule is CCC(CC)(NS(=O)(=O)c1cccc(C)c1)/C(N)=N/O. The standard InChI is InChI=1S/C13H21N3O3S/c1-4-13(5-2,12(14)15-17)16-20(18,19)11-8-6-7-10(3)9-11/h6-9,16-17H,4-5H2,1-3H3,(H2,14,15). The van der Waals surface area contributed by atoms with Crippen molar-refractivity contribution >= 4 is 15.9 Å². The van der Waals surface area contributed by atoms with E-state index in [4.69, 9.17) is 10.9 Å². The molecule has 0 spiro atoms. The monoisotopic (exact) mass is 299 g/mol. The number of oxime groups is 1. The highest BCUT2D eigenvalue weighted by atomic mass is 32.2. The molecule has 0 radical (unpaired) electrons. The van der Waals surface area contributed by atoms with Gasteiger partial charge in [0, 0.05) is 0 Å². The molecule has 7 heteroatoms. The summed E-state index contributed by atoms with van der Waals surface area (Å²) >= 11 is 0. The minimum atomic E-state index is -3.74. The Morgan fingerprint density at radius 3 is 2.45 bits per heavy atom. The van der Waals surface area contributed by atoms with Gasteiger partial charge < -0.3 is 10.9 Å². The first kappa shape index (κ1) is 16.5. The van der Waals surface area contributed by atoms with E-state index in [1.807, 2.05) is 13.0 Å². The zero-order chi connectivity index (χ0) is 15.4. The Balaban J connectivity index is 3.23. The molecule has 0 amide bonds. The van der Waals surface area contributed by atoms with Crippen LogP contribution in [-0.2, 0) is 10.0 Å². The number of nitrogens with two attached hydrogens (primary N) is 1. The van der Waals surface area contributed by atoms with Gasteiger partial charge >= 0.3 is 0 Å². The van der Waals surface area contributed by atoms with Crippen LogP contribution in [0.4, 0.5) is 0 Å². The number of hydrogen-bond donors (Lipinski definition) is 3. The molecule has 0 aliphatic carbocycles. The van der Waals surface area contributed by atoms with Crippen molar-refractivity contribution in [1.82, 2.24) is 4.72 Å². The van der Waals surface area contributed by atoms with Gasteiger partial charge in [-0.2, -0.15) is 4.72 Å². The third-order valence-corrected chi connectivity index (χ3v) is 4.97. The molecule has 0 aromatic heterocycles. The molecule has 0 bridgehead atoms. The van der Waals surface area contributed by atoms with E-state index in [-0.39, 0.29) is 10.7 Å². The number of nitrogens with one attached hydrogen (secondary N) is 1. The van der Waals surface area contributed by atoms with Crippen LogP contribution in [0, 0.1) is 6.92 Å². The first-order valence-electron chi connectivity index (χ1n) is 6.40. The lowest BCUT2D eigenvalue weighted by molar-refractivity contribution is 0.307. The molecule has 112 valence electrons. The van der Waals surface area contributed by atoms with Crippen molar-refractivity contribution in [1.29, 1.82) is 0 Å². The molecule has 0 fully saturated rings. The first-order valence-corrected chi connectivity index (χ1v) is 7.88. The highest BCUT2D eigenvalue weighted by molar-refractivity contribution is 7.89. The predicted molar refractivity (Wildman–Crippen MR) is 78.2 cm³/mol. The van der Waals surface area contributed by atoms with E-state index in [2.05, 4.69) is 9.88 Å². The van der Waals surface area contributed by atoms with Crippen molar-refractivity contribution in [3.63, 3.8) is 0 Å². The van der Waals surface area contributed by atoms with Crippen LogP contribution >= 0.6 is 0 Å². The van der Waals surface area contributed by atoms with Gasteiger partial charge in [0.15, 0.2) is 5.84 Å². The average Bonchev–Trinajstić information content (AvgIpc) is 2.44. The number of rotatable bonds is 6. The zero-order valence-corrected chi connectivity index (χ0v) is 12.7. The van der Waals surface area contributed by atoms with Gasteiger partial charge in [-0.15, -0.1) is 0 Å². The number of aryl methyl sites for hydroxylation is 1. The van der Waals surface area contributed by atoms with Crippen LogP contribution in [0.1, 0.15) is 32.3 Å². The van der Waals surface area contributed by atoms with Crippen LogP contribution < -0.4 is 10.5 Å². The molecule has 1 rings (SSSR count). The van der Waals surface area contributed by atoms with Crippen LogP contribution in [0.15, 0.2) is 34.3 Å². The molecule has 0 heterocycles. The predicted octanol–water partition coefficient (Wildman–Crippen LogP) is 1.58. The van der Waals surface area contributed by atoms with Crippen LogP contribution in [-0.4, -0.2) is 25.0 Å². The second kappa shape index (κ2) is 6.23. The summed E-state index contributed by atoms with van der Waals surface area (Å²) in [7, 11) is -3.74. The Hall–Kier alpha value is -1.60. The number of benzene rings is 1. The quantitative estimate of drug-likeness (QED) is 0.321. The molecule has 0 aliphatic rings. The van der Waals surface area contributed by atoms with Crippen LogP contribution in [0.25, 0.3) is 0 Å². The van der Waals surface area contributed by atoms with Crippen molar-refractivity contribution in [2.45, 2.75) is 44.0 Å².